The van der Waals surface area contributed by atoms with E-state index in [0.29, 0.717) is 5.69 Å². The number of aryl methyl sites for hydroxylation is 2. The van der Waals surface area contributed by atoms with Crippen molar-refractivity contribution in [3.05, 3.63) is 53.3 Å². The van der Waals surface area contributed by atoms with Gasteiger partial charge in [0.15, 0.2) is 0 Å². The fourth-order valence-corrected chi connectivity index (χ4v) is 2.41. The Labute approximate surface area is 121 Å². The molecule has 0 atom stereocenters. The number of hydrogen-bond acceptors (Lipinski definition) is 3. The molecule has 0 bridgehead atoms. The van der Waals surface area contributed by atoms with Crippen LogP contribution in [0.1, 0.15) is 21.5 Å². The van der Waals surface area contributed by atoms with Gasteiger partial charge in [0.2, 0.25) is 0 Å². The van der Waals surface area contributed by atoms with E-state index in [9.17, 15) is 9.90 Å². The molecule has 0 aliphatic carbocycles. The zero-order valence-corrected chi connectivity index (χ0v) is 11.8. The minimum atomic E-state index is -1.04. The Kier molecular flexibility index (Phi) is 2.90. The average molecular weight is 281 g/mol. The van der Waals surface area contributed by atoms with E-state index in [1.54, 1.807) is 18.5 Å². The number of benzene rings is 2. The number of imidazole rings is 1. The quantitative estimate of drug-likeness (QED) is 0.708. The fraction of sp³-hybridized carbons (Fsp3) is 0.125. The van der Waals surface area contributed by atoms with Gasteiger partial charge in [0, 0.05) is 0 Å². The summed E-state index contributed by atoms with van der Waals surface area (Å²) in [7, 11) is 0. The second-order valence-corrected chi connectivity index (χ2v) is 5.08. The van der Waals surface area contributed by atoms with E-state index < -0.39 is 5.97 Å². The zero-order valence-electron chi connectivity index (χ0n) is 11.8. The topological polar surface area (TPSA) is 81.1 Å². The van der Waals surface area contributed by atoms with Crippen molar-refractivity contribution >= 4 is 22.7 Å². The van der Waals surface area contributed by atoms with Gasteiger partial charge in [-0.2, -0.15) is 0 Å². The number of para-hydroxylation sites is 1. The number of carboxylic acids is 1. The third-order valence-electron chi connectivity index (χ3n) is 3.74. The highest BCUT2D eigenvalue weighted by Gasteiger charge is 2.14. The van der Waals surface area contributed by atoms with E-state index in [4.69, 9.17) is 5.73 Å². The number of nitrogen functional groups attached to an aromatic ring is 1. The lowest BCUT2D eigenvalue weighted by Crippen LogP contribution is -2.06. The third kappa shape index (κ3) is 2.03. The summed E-state index contributed by atoms with van der Waals surface area (Å²) in [5.41, 5.74) is 11.1. The summed E-state index contributed by atoms with van der Waals surface area (Å²) >= 11 is 0. The molecular formula is C16H15N3O2. The molecule has 106 valence electrons. The first-order chi connectivity index (χ1) is 9.99. The molecule has 0 aliphatic rings. The SMILES string of the molecule is Cc1cc2ncn(-c3cccc(C(=O)O)c3N)c2cc1C. The highest BCUT2D eigenvalue weighted by atomic mass is 16.4. The van der Waals surface area contributed by atoms with Crippen LogP contribution in [0.3, 0.4) is 0 Å². The molecule has 3 aromatic rings. The maximum Gasteiger partial charge on any atom is 0.337 e. The number of rotatable bonds is 2. The normalized spacial score (nSPS) is 11.0. The first-order valence-electron chi connectivity index (χ1n) is 6.55. The Hall–Kier alpha value is -2.82. The molecule has 0 fully saturated rings. The van der Waals surface area contributed by atoms with Crippen molar-refractivity contribution in [1.82, 2.24) is 9.55 Å². The molecule has 5 nitrogen and oxygen atoms in total. The van der Waals surface area contributed by atoms with Crippen molar-refractivity contribution in [3.8, 4) is 5.69 Å². The summed E-state index contributed by atoms with van der Waals surface area (Å²) < 4.78 is 1.82. The van der Waals surface area contributed by atoms with Crippen LogP contribution in [0.4, 0.5) is 5.69 Å². The number of anilines is 1. The van der Waals surface area contributed by atoms with Crippen molar-refractivity contribution < 1.29 is 9.90 Å². The van der Waals surface area contributed by atoms with E-state index in [2.05, 4.69) is 4.98 Å². The van der Waals surface area contributed by atoms with Crippen LogP contribution < -0.4 is 5.73 Å². The molecule has 0 unspecified atom stereocenters. The van der Waals surface area contributed by atoms with Gasteiger partial charge in [-0.25, -0.2) is 9.78 Å². The van der Waals surface area contributed by atoms with Gasteiger partial charge in [-0.1, -0.05) is 6.07 Å². The van der Waals surface area contributed by atoms with Crippen molar-refractivity contribution in [2.45, 2.75) is 13.8 Å². The molecule has 3 rings (SSSR count). The molecule has 0 saturated heterocycles. The third-order valence-corrected chi connectivity index (χ3v) is 3.74. The van der Waals surface area contributed by atoms with Crippen LogP contribution in [-0.2, 0) is 0 Å². The van der Waals surface area contributed by atoms with E-state index in [-0.39, 0.29) is 11.3 Å². The van der Waals surface area contributed by atoms with Crippen LogP contribution in [0, 0.1) is 13.8 Å². The summed E-state index contributed by atoms with van der Waals surface area (Å²) in [6.45, 7) is 4.07. The van der Waals surface area contributed by atoms with Gasteiger partial charge in [0.05, 0.1) is 28.0 Å². The number of aromatic carboxylic acids is 1. The summed E-state index contributed by atoms with van der Waals surface area (Å²) in [5.74, 6) is -1.04. The maximum atomic E-state index is 11.2. The molecule has 0 radical (unpaired) electrons. The molecule has 0 aliphatic heterocycles. The van der Waals surface area contributed by atoms with Crippen LogP contribution in [-0.4, -0.2) is 20.6 Å². The molecule has 0 spiro atoms. The predicted molar refractivity (Wildman–Crippen MR) is 81.9 cm³/mol. The lowest BCUT2D eigenvalue weighted by atomic mass is 10.1. The van der Waals surface area contributed by atoms with Crippen molar-refractivity contribution in [2.75, 3.05) is 5.73 Å². The second-order valence-electron chi connectivity index (χ2n) is 5.08. The summed E-state index contributed by atoms with van der Waals surface area (Å²) in [4.78, 5) is 15.6. The molecule has 1 heterocycles. The first-order valence-corrected chi connectivity index (χ1v) is 6.55. The molecule has 5 heteroatoms. The van der Waals surface area contributed by atoms with E-state index >= 15 is 0 Å². The van der Waals surface area contributed by atoms with E-state index in [0.717, 1.165) is 16.6 Å². The molecule has 0 amide bonds. The number of carbonyl (C=O) groups is 1. The second kappa shape index (κ2) is 4.63. The standard InChI is InChI=1S/C16H15N3O2/c1-9-6-12-14(7-10(9)2)19(8-18-12)13-5-3-4-11(15(13)17)16(20)21/h3-8H,17H2,1-2H3,(H,20,21). The predicted octanol–water partition coefficient (Wildman–Crippen LogP) is 2.92. The van der Waals surface area contributed by atoms with Gasteiger partial charge in [-0.05, 0) is 49.2 Å². The summed E-state index contributed by atoms with van der Waals surface area (Å²) in [6.07, 6.45) is 1.67. The highest BCUT2D eigenvalue weighted by molar-refractivity contribution is 5.96. The minimum absolute atomic E-state index is 0.0955. The van der Waals surface area contributed by atoms with Crippen LogP contribution in [0.15, 0.2) is 36.7 Å². The van der Waals surface area contributed by atoms with E-state index in [1.165, 1.54) is 11.6 Å². The molecule has 2 aromatic carbocycles. The number of nitrogens with zero attached hydrogens (tertiary/aromatic N) is 2. The number of carboxylic acid groups (broad SMARTS) is 1. The van der Waals surface area contributed by atoms with E-state index in [1.807, 2.05) is 30.5 Å². The van der Waals surface area contributed by atoms with Crippen molar-refractivity contribution in [2.24, 2.45) is 0 Å². The number of nitrogens with two attached hydrogens (primary N) is 1. The monoisotopic (exact) mass is 281 g/mol. The Bertz CT molecular complexity index is 865. The summed E-state index contributed by atoms with van der Waals surface area (Å²) in [6, 6.07) is 9.01. The van der Waals surface area contributed by atoms with Gasteiger partial charge < -0.3 is 10.8 Å². The van der Waals surface area contributed by atoms with Crippen LogP contribution in [0.25, 0.3) is 16.7 Å². The molecule has 1 aromatic heterocycles. The largest absolute Gasteiger partial charge is 0.478 e. The number of fused-ring (bicyclic) bond motifs is 1. The molecule has 0 saturated carbocycles. The lowest BCUT2D eigenvalue weighted by Gasteiger charge is -2.11. The molecule has 21 heavy (non-hydrogen) atoms. The van der Waals surface area contributed by atoms with Gasteiger partial charge in [0.1, 0.15) is 6.33 Å². The van der Waals surface area contributed by atoms with Crippen molar-refractivity contribution in [1.29, 1.82) is 0 Å². The Morgan fingerprint density at radius 2 is 1.95 bits per heavy atom. The van der Waals surface area contributed by atoms with Crippen molar-refractivity contribution in [3.63, 3.8) is 0 Å². The lowest BCUT2D eigenvalue weighted by molar-refractivity contribution is 0.0698. The summed E-state index contributed by atoms with van der Waals surface area (Å²) in [5, 5.41) is 9.18. The Balaban J connectivity index is 2.29. The van der Waals surface area contributed by atoms with Gasteiger partial charge >= 0.3 is 5.97 Å². The Morgan fingerprint density at radius 3 is 2.67 bits per heavy atom. The highest BCUT2D eigenvalue weighted by Crippen LogP contribution is 2.27. The van der Waals surface area contributed by atoms with Gasteiger partial charge in [-0.15, -0.1) is 0 Å². The zero-order chi connectivity index (χ0) is 15.1. The number of aromatic nitrogens is 2. The van der Waals surface area contributed by atoms with Gasteiger partial charge in [0.25, 0.3) is 0 Å². The van der Waals surface area contributed by atoms with Gasteiger partial charge in [-0.3, -0.25) is 4.57 Å². The smallest absolute Gasteiger partial charge is 0.337 e. The molecular weight excluding hydrogens is 266 g/mol. The minimum Gasteiger partial charge on any atom is -0.478 e. The maximum absolute atomic E-state index is 11.2. The first kappa shape index (κ1) is 13.2. The number of hydrogen-bond donors (Lipinski definition) is 2. The average Bonchev–Trinajstić information content (AvgIpc) is 2.82. The molecule has 3 N–H and O–H groups in total. The van der Waals surface area contributed by atoms with Crippen LogP contribution in [0.5, 0.6) is 0 Å². The van der Waals surface area contributed by atoms with Crippen LogP contribution >= 0.6 is 0 Å². The van der Waals surface area contributed by atoms with Crippen LogP contribution in [0.2, 0.25) is 0 Å². The Morgan fingerprint density at radius 1 is 1.24 bits per heavy atom. The fourth-order valence-electron chi connectivity index (χ4n) is 2.41.